The van der Waals surface area contributed by atoms with Gasteiger partial charge in [0, 0.05) is 36.6 Å². The first kappa shape index (κ1) is 18.9. The zero-order valence-electron chi connectivity index (χ0n) is 15.8. The third kappa shape index (κ3) is 4.20. The van der Waals surface area contributed by atoms with Crippen LogP contribution in [0.5, 0.6) is 0 Å². The second-order valence-electron chi connectivity index (χ2n) is 7.16. The SMILES string of the molecule is NC(=O)c1cc(-c2ccnc(/C=C/c3ccc(F)cc3)c2)[nH]c1N1CC[C@H](N)C1. The van der Waals surface area contributed by atoms with Gasteiger partial charge in [-0.15, -0.1) is 0 Å². The summed E-state index contributed by atoms with van der Waals surface area (Å²) in [5.41, 5.74) is 15.3. The van der Waals surface area contributed by atoms with Crippen molar-refractivity contribution in [3.8, 4) is 11.3 Å². The quantitative estimate of drug-likeness (QED) is 0.622. The zero-order chi connectivity index (χ0) is 20.4. The second-order valence-corrected chi connectivity index (χ2v) is 7.16. The number of carbonyl (C=O) groups is 1. The lowest BCUT2D eigenvalue weighted by Crippen LogP contribution is -2.28. The summed E-state index contributed by atoms with van der Waals surface area (Å²) in [7, 11) is 0. The number of rotatable bonds is 5. The van der Waals surface area contributed by atoms with E-state index in [1.165, 1.54) is 12.1 Å². The van der Waals surface area contributed by atoms with Gasteiger partial charge in [0.15, 0.2) is 0 Å². The molecule has 1 aliphatic rings. The summed E-state index contributed by atoms with van der Waals surface area (Å²) in [5, 5.41) is 0. The fourth-order valence-corrected chi connectivity index (χ4v) is 3.49. The summed E-state index contributed by atoms with van der Waals surface area (Å²) in [5.74, 6) is -0.0387. The molecule has 1 aliphatic heterocycles. The Hall–Kier alpha value is -3.45. The average molecular weight is 391 g/mol. The molecule has 5 N–H and O–H groups in total. The Morgan fingerprint density at radius 1 is 1.21 bits per heavy atom. The molecule has 1 saturated heterocycles. The number of H-pyrrole nitrogens is 1. The molecule has 0 spiro atoms. The van der Waals surface area contributed by atoms with Crippen LogP contribution in [0.15, 0.2) is 48.7 Å². The van der Waals surface area contributed by atoms with Crippen LogP contribution in [0.1, 0.15) is 28.0 Å². The van der Waals surface area contributed by atoms with Crippen LogP contribution in [0.4, 0.5) is 10.2 Å². The number of nitrogens with two attached hydrogens (primary N) is 2. The van der Waals surface area contributed by atoms with E-state index in [9.17, 15) is 9.18 Å². The number of primary amides is 1. The number of hydrogen-bond acceptors (Lipinski definition) is 4. The molecule has 0 saturated carbocycles. The first-order chi connectivity index (χ1) is 14.0. The smallest absolute Gasteiger partial charge is 0.252 e. The molecule has 7 heteroatoms. The van der Waals surface area contributed by atoms with Crippen molar-refractivity contribution in [2.45, 2.75) is 12.5 Å². The molecule has 0 unspecified atom stereocenters. The molecule has 148 valence electrons. The van der Waals surface area contributed by atoms with E-state index in [1.54, 1.807) is 24.4 Å². The van der Waals surface area contributed by atoms with E-state index in [1.807, 2.05) is 24.3 Å². The first-order valence-electron chi connectivity index (χ1n) is 9.43. The van der Waals surface area contributed by atoms with Gasteiger partial charge in [-0.1, -0.05) is 18.2 Å². The summed E-state index contributed by atoms with van der Waals surface area (Å²) >= 11 is 0. The van der Waals surface area contributed by atoms with Gasteiger partial charge in [0.1, 0.15) is 11.6 Å². The van der Waals surface area contributed by atoms with Crippen molar-refractivity contribution in [3.63, 3.8) is 0 Å². The van der Waals surface area contributed by atoms with E-state index in [-0.39, 0.29) is 11.9 Å². The maximum Gasteiger partial charge on any atom is 0.252 e. The van der Waals surface area contributed by atoms with Crippen LogP contribution in [0.25, 0.3) is 23.4 Å². The molecule has 1 aromatic carbocycles. The topological polar surface area (TPSA) is 101 Å². The van der Waals surface area contributed by atoms with Crippen molar-refractivity contribution in [2.24, 2.45) is 11.5 Å². The minimum Gasteiger partial charge on any atom is -0.365 e. The number of pyridine rings is 1. The third-order valence-corrected chi connectivity index (χ3v) is 5.01. The number of nitrogens with one attached hydrogen (secondary N) is 1. The summed E-state index contributed by atoms with van der Waals surface area (Å²) in [4.78, 5) is 21.7. The number of carbonyl (C=O) groups excluding carboxylic acids is 1. The Bertz CT molecular complexity index is 1060. The summed E-state index contributed by atoms with van der Waals surface area (Å²) in [6, 6.07) is 11.9. The summed E-state index contributed by atoms with van der Waals surface area (Å²) in [6.07, 6.45) is 6.30. The van der Waals surface area contributed by atoms with Crippen LogP contribution in [0, 0.1) is 5.82 Å². The molecular weight excluding hydrogens is 369 g/mol. The van der Waals surface area contributed by atoms with Gasteiger partial charge in [-0.2, -0.15) is 0 Å². The highest BCUT2D eigenvalue weighted by molar-refractivity contribution is 5.99. The van der Waals surface area contributed by atoms with Gasteiger partial charge < -0.3 is 21.4 Å². The van der Waals surface area contributed by atoms with E-state index >= 15 is 0 Å². The molecule has 0 bridgehead atoms. The van der Waals surface area contributed by atoms with Gasteiger partial charge in [-0.3, -0.25) is 9.78 Å². The van der Waals surface area contributed by atoms with Crippen LogP contribution < -0.4 is 16.4 Å². The molecule has 1 amide bonds. The lowest BCUT2D eigenvalue weighted by Gasteiger charge is -2.17. The van der Waals surface area contributed by atoms with Crippen molar-refractivity contribution >= 4 is 23.9 Å². The average Bonchev–Trinajstić information content (AvgIpc) is 3.34. The van der Waals surface area contributed by atoms with E-state index < -0.39 is 5.91 Å². The number of anilines is 1. The lowest BCUT2D eigenvalue weighted by molar-refractivity contribution is 0.100. The van der Waals surface area contributed by atoms with E-state index in [2.05, 4.69) is 14.9 Å². The van der Waals surface area contributed by atoms with Crippen molar-refractivity contribution in [1.29, 1.82) is 0 Å². The number of aromatic amines is 1. The number of nitrogens with zero attached hydrogens (tertiary/aromatic N) is 2. The molecule has 0 aliphatic carbocycles. The van der Waals surface area contributed by atoms with Gasteiger partial charge in [-0.05, 0) is 48.4 Å². The van der Waals surface area contributed by atoms with E-state index in [4.69, 9.17) is 11.5 Å². The number of amides is 1. The largest absolute Gasteiger partial charge is 0.365 e. The Balaban J connectivity index is 1.62. The van der Waals surface area contributed by atoms with Crippen LogP contribution in [-0.4, -0.2) is 35.0 Å². The molecule has 3 aromatic rings. The molecule has 6 nitrogen and oxygen atoms in total. The maximum absolute atomic E-state index is 13.0. The summed E-state index contributed by atoms with van der Waals surface area (Å²) < 4.78 is 13.0. The highest BCUT2D eigenvalue weighted by Crippen LogP contribution is 2.29. The fourth-order valence-electron chi connectivity index (χ4n) is 3.49. The molecular formula is C22H22FN5O. The molecule has 3 heterocycles. The molecule has 29 heavy (non-hydrogen) atoms. The van der Waals surface area contributed by atoms with Crippen molar-refractivity contribution in [1.82, 2.24) is 9.97 Å². The minimum atomic E-state index is -0.478. The monoisotopic (exact) mass is 391 g/mol. The minimum absolute atomic E-state index is 0.0894. The summed E-state index contributed by atoms with van der Waals surface area (Å²) in [6.45, 7) is 1.46. The predicted octanol–water partition coefficient (Wildman–Crippen LogP) is 3.02. The van der Waals surface area contributed by atoms with Crippen LogP contribution in [0.3, 0.4) is 0 Å². The van der Waals surface area contributed by atoms with E-state index in [0.29, 0.717) is 17.9 Å². The Morgan fingerprint density at radius 2 is 2.00 bits per heavy atom. The van der Waals surface area contributed by atoms with Crippen LogP contribution in [0.2, 0.25) is 0 Å². The van der Waals surface area contributed by atoms with Crippen molar-refractivity contribution in [3.05, 3.63) is 71.3 Å². The highest BCUT2D eigenvalue weighted by Gasteiger charge is 2.25. The normalized spacial score (nSPS) is 16.6. The van der Waals surface area contributed by atoms with Gasteiger partial charge in [0.2, 0.25) is 0 Å². The molecule has 2 aromatic heterocycles. The first-order valence-corrected chi connectivity index (χ1v) is 9.43. The zero-order valence-corrected chi connectivity index (χ0v) is 15.8. The Kier molecular flexibility index (Phi) is 5.14. The number of benzene rings is 1. The number of aromatic nitrogens is 2. The Labute approximate surface area is 168 Å². The number of hydrogen-bond donors (Lipinski definition) is 3. The second kappa shape index (κ2) is 7.89. The number of halogens is 1. The van der Waals surface area contributed by atoms with Gasteiger partial charge >= 0.3 is 0 Å². The highest BCUT2D eigenvalue weighted by atomic mass is 19.1. The van der Waals surface area contributed by atoms with Crippen LogP contribution in [-0.2, 0) is 0 Å². The fraction of sp³-hybridized carbons (Fsp3) is 0.182. The molecule has 1 atom stereocenters. The third-order valence-electron chi connectivity index (χ3n) is 5.01. The van der Waals surface area contributed by atoms with Crippen molar-refractivity contribution < 1.29 is 9.18 Å². The van der Waals surface area contributed by atoms with Crippen molar-refractivity contribution in [2.75, 3.05) is 18.0 Å². The standard InChI is InChI=1S/C22H22FN5O/c23-16-4-1-14(2-5-16)3-6-18-11-15(7-9-26-18)20-12-19(21(25)29)22(27-20)28-10-8-17(24)13-28/h1-7,9,11-12,17,27H,8,10,13,24H2,(H2,25,29)/b6-3+/t17-/m0/s1. The predicted molar refractivity (Wildman–Crippen MR) is 113 cm³/mol. The van der Waals surface area contributed by atoms with Gasteiger partial charge in [-0.25, -0.2) is 4.39 Å². The Morgan fingerprint density at radius 3 is 2.69 bits per heavy atom. The maximum atomic E-state index is 13.0. The van der Waals surface area contributed by atoms with E-state index in [0.717, 1.165) is 35.5 Å². The van der Waals surface area contributed by atoms with Gasteiger partial charge in [0.25, 0.3) is 5.91 Å². The van der Waals surface area contributed by atoms with Crippen LogP contribution >= 0.6 is 0 Å². The molecule has 4 rings (SSSR count). The lowest BCUT2D eigenvalue weighted by atomic mass is 10.1. The molecule has 1 fully saturated rings. The van der Waals surface area contributed by atoms with Gasteiger partial charge in [0.05, 0.1) is 11.3 Å². The molecule has 0 radical (unpaired) electrons.